The highest BCUT2D eigenvalue weighted by Gasteiger charge is 2.35. The Morgan fingerprint density at radius 3 is 2.12 bits per heavy atom. The van der Waals surface area contributed by atoms with Crippen LogP contribution in [0.5, 0.6) is 0 Å². The van der Waals surface area contributed by atoms with E-state index in [-0.39, 0.29) is 0 Å². The number of rotatable bonds is 6. The van der Waals surface area contributed by atoms with Crippen molar-refractivity contribution in [1.82, 2.24) is 4.90 Å². The van der Waals surface area contributed by atoms with Crippen molar-refractivity contribution in [1.29, 1.82) is 0 Å². The van der Waals surface area contributed by atoms with Crippen molar-refractivity contribution in [2.24, 2.45) is 0 Å². The molecule has 0 N–H and O–H groups in total. The molecule has 2 aromatic rings. The van der Waals surface area contributed by atoms with Gasteiger partial charge in [0.2, 0.25) is 0 Å². The molecule has 2 nitrogen and oxygen atoms in total. The molecule has 4 rings (SSSR count). The molecule has 25 heavy (non-hydrogen) atoms. The maximum Gasteiger partial charge on any atom is 0.0829 e. The van der Waals surface area contributed by atoms with Gasteiger partial charge in [-0.1, -0.05) is 72.3 Å². The van der Waals surface area contributed by atoms with Gasteiger partial charge in [-0.15, -0.1) is 11.8 Å². The standard InChI is InChI=1S/C21H22ClNOS/c22-18-11-20(25-15-18)14-24-19-12-23(13-19)21(16-7-3-1-4-8-16)17-9-5-2-6-10-17/h1-10,15,19-21H,11-14H2. The van der Waals surface area contributed by atoms with Crippen LogP contribution in [0.15, 0.2) is 71.1 Å². The van der Waals surface area contributed by atoms with Gasteiger partial charge in [-0.3, -0.25) is 4.90 Å². The van der Waals surface area contributed by atoms with E-state index >= 15 is 0 Å². The van der Waals surface area contributed by atoms with Gasteiger partial charge < -0.3 is 4.74 Å². The smallest absolute Gasteiger partial charge is 0.0829 e. The highest BCUT2D eigenvalue weighted by molar-refractivity contribution is 8.03. The summed E-state index contributed by atoms with van der Waals surface area (Å²) in [6, 6.07) is 21.8. The van der Waals surface area contributed by atoms with Gasteiger partial charge in [0.15, 0.2) is 0 Å². The van der Waals surface area contributed by atoms with E-state index in [1.807, 2.05) is 5.41 Å². The first kappa shape index (κ1) is 17.2. The van der Waals surface area contributed by atoms with E-state index in [0.29, 0.717) is 17.4 Å². The molecule has 0 radical (unpaired) electrons. The van der Waals surface area contributed by atoms with Gasteiger partial charge in [0.05, 0.1) is 18.8 Å². The van der Waals surface area contributed by atoms with E-state index in [4.69, 9.17) is 16.3 Å². The van der Waals surface area contributed by atoms with Crippen molar-refractivity contribution >= 4 is 23.4 Å². The molecule has 0 bridgehead atoms. The molecular weight excluding hydrogens is 350 g/mol. The molecule has 0 spiro atoms. The lowest BCUT2D eigenvalue weighted by Gasteiger charge is -2.44. The van der Waals surface area contributed by atoms with Gasteiger partial charge >= 0.3 is 0 Å². The summed E-state index contributed by atoms with van der Waals surface area (Å²) in [5, 5.41) is 3.49. The minimum Gasteiger partial charge on any atom is -0.374 e. The second-order valence-corrected chi connectivity index (χ2v) is 8.32. The molecule has 0 aliphatic carbocycles. The molecule has 1 atom stereocenters. The molecule has 1 unspecified atom stereocenters. The third kappa shape index (κ3) is 4.12. The zero-order chi connectivity index (χ0) is 17.1. The molecule has 2 heterocycles. The number of likely N-dealkylation sites (tertiary alicyclic amines) is 1. The fourth-order valence-corrected chi connectivity index (χ4v) is 4.80. The Bertz CT molecular complexity index is 676. The number of allylic oxidation sites excluding steroid dienone is 1. The van der Waals surface area contributed by atoms with Crippen LogP contribution in [0.4, 0.5) is 0 Å². The lowest BCUT2D eigenvalue weighted by Crippen LogP contribution is -2.54. The molecule has 0 saturated carbocycles. The van der Waals surface area contributed by atoms with E-state index in [9.17, 15) is 0 Å². The molecule has 130 valence electrons. The number of hydrogen-bond acceptors (Lipinski definition) is 3. The molecule has 0 amide bonds. The molecule has 2 aliphatic heterocycles. The zero-order valence-electron chi connectivity index (χ0n) is 14.1. The maximum absolute atomic E-state index is 6.11. The predicted molar refractivity (Wildman–Crippen MR) is 106 cm³/mol. The monoisotopic (exact) mass is 371 g/mol. The molecule has 0 aromatic heterocycles. The summed E-state index contributed by atoms with van der Waals surface area (Å²) in [6.45, 7) is 2.75. The summed E-state index contributed by atoms with van der Waals surface area (Å²) in [5.74, 6) is 0. The average Bonchev–Trinajstić information content (AvgIpc) is 3.03. The van der Waals surface area contributed by atoms with Crippen molar-refractivity contribution in [3.8, 4) is 0 Å². The van der Waals surface area contributed by atoms with Crippen molar-refractivity contribution in [2.75, 3.05) is 19.7 Å². The summed E-state index contributed by atoms with van der Waals surface area (Å²) in [6.07, 6.45) is 1.27. The quantitative estimate of drug-likeness (QED) is 0.704. The van der Waals surface area contributed by atoms with Gasteiger partial charge in [-0.05, 0) is 23.0 Å². The summed E-state index contributed by atoms with van der Waals surface area (Å²) < 4.78 is 6.11. The zero-order valence-corrected chi connectivity index (χ0v) is 15.6. The number of hydrogen-bond donors (Lipinski definition) is 0. The Hall–Kier alpha value is -1.26. The van der Waals surface area contributed by atoms with Gasteiger partial charge in [-0.2, -0.15) is 0 Å². The van der Waals surface area contributed by atoms with E-state index in [1.165, 1.54) is 11.1 Å². The Morgan fingerprint density at radius 1 is 1.00 bits per heavy atom. The molecule has 2 aliphatic rings. The SMILES string of the molecule is ClC1=CSC(COC2CN(C(c3ccccc3)c3ccccc3)C2)C1. The van der Waals surface area contributed by atoms with Crippen LogP contribution >= 0.6 is 23.4 Å². The Morgan fingerprint density at radius 2 is 1.60 bits per heavy atom. The third-order valence-electron chi connectivity index (χ3n) is 4.80. The second-order valence-electron chi connectivity index (χ2n) is 6.66. The lowest BCUT2D eigenvalue weighted by atomic mass is 9.94. The minimum absolute atomic E-state index is 0.305. The first-order valence-corrected chi connectivity index (χ1v) is 10.1. The number of thioether (sulfide) groups is 1. The van der Waals surface area contributed by atoms with Gasteiger partial charge in [0, 0.05) is 23.4 Å². The van der Waals surface area contributed by atoms with Crippen LogP contribution in [0.3, 0.4) is 0 Å². The fourth-order valence-electron chi connectivity index (χ4n) is 3.50. The molecule has 4 heteroatoms. The van der Waals surface area contributed by atoms with Crippen LogP contribution in [0.25, 0.3) is 0 Å². The van der Waals surface area contributed by atoms with Crippen molar-refractivity contribution in [2.45, 2.75) is 23.8 Å². The Labute approximate surface area is 158 Å². The highest BCUT2D eigenvalue weighted by atomic mass is 35.5. The molecule has 1 fully saturated rings. The topological polar surface area (TPSA) is 12.5 Å². The van der Waals surface area contributed by atoms with Crippen LogP contribution < -0.4 is 0 Å². The summed E-state index contributed by atoms with van der Waals surface area (Å²) in [4.78, 5) is 2.50. The third-order valence-corrected chi connectivity index (χ3v) is 6.30. The van der Waals surface area contributed by atoms with Crippen molar-refractivity contribution < 1.29 is 4.74 Å². The van der Waals surface area contributed by atoms with E-state index in [0.717, 1.165) is 31.1 Å². The number of halogens is 1. The normalized spacial score (nSPS) is 21.4. The van der Waals surface area contributed by atoms with Crippen LogP contribution in [-0.2, 0) is 4.74 Å². The molecule has 2 aromatic carbocycles. The van der Waals surface area contributed by atoms with Crippen molar-refractivity contribution in [3.05, 3.63) is 82.2 Å². The first-order chi connectivity index (χ1) is 12.3. The van der Waals surface area contributed by atoms with Gasteiger partial charge in [-0.25, -0.2) is 0 Å². The minimum atomic E-state index is 0.305. The Kier molecular flexibility index (Phi) is 5.47. The van der Waals surface area contributed by atoms with E-state index in [2.05, 4.69) is 65.6 Å². The van der Waals surface area contributed by atoms with Crippen LogP contribution in [0.1, 0.15) is 23.6 Å². The molecule has 1 saturated heterocycles. The second kappa shape index (κ2) is 7.96. The lowest BCUT2D eigenvalue weighted by molar-refractivity contribution is -0.0655. The maximum atomic E-state index is 6.11. The Balaban J connectivity index is 1.37. The first-order valence-electron chi connectivity index (χ1n) is 8.75. The number of ether oxygens (including phenoxy) is 1. The van der Waals surface area contributed by atoms with E-state index < -0.39 is 0 Å². The summed E-state index contributed by atoms with van der Waals surface area (Å²) in [5.41, 5.74) is 2.68. The van der Waals surface area contributed by atoms with Gasteiger partial charge in [0.1, 0.15) is 0 Å². The largest absolute Gasteiger partial charge is 0.374 e. The van der Waals surface area contributed by atoms with Crippen molar-refractivity contribution in [3.63, 3.8) is 0 Å². The predicted octanol–water partition coefficient (Wildman–Crippen LogP) is 5.06. The van der Waals surface area contributed by atoms with Gasteiger partial charge in [0.25, 0.3) is 0 Å². The van der Waals surface area contributed by atoms with Crippen LogP contribution in [0, 0.1) is 0 Å². The van der Waals surface area contributed by atoms with Crippen LogP contribution in [-0.4, -0.2) is 36.0 Å². The average molecular weight is 372 g/mol. The summed E-state index contributed by atoms with van der Waals surface area (Å²) >= 11 is 7.84. The summed E-state index contributed by atoms with van der Waals surface area (Å²) in [7, 11) is 0. The fraction of sp³-hybridized carbons (Fsp3) is 0.333. The van der Waals surface area contributed by atoms with E-state index in [1.54, 1.807) is 11.8 Å². The van der Waals surface area contributed by atoms with Crippen LogP contribution in [0.2, 0.25) is 0 Å². The highest BCUT2D eigenvalue weighted by Crippen LogP contribution is 2.35. The number of benzene rings is 2. The number of nitrogens with zero attached hydrogens (tertiary/aromatic N) is 1. The molecular formula is C21H22ClNOS.